The average molecular weight is 747 g/mol. The van der Waals surface area contributed by atoms with Gasteiger partial charge in [-0.05, 0) is 43.3 Å². The fourth-order valence-corrected chi connectivity index (χ4v) is 7.14. The summed E-state index contributed by atoms with van der Waals surface area (Å²) in [6.45, 7) is 2.10. The predicted molar refractivity (Wildman–Crippen MR) is 231 cm³/mol. The molecule has 0 atom stereocenters. The smallest absolute Gasteiger partial charge is 0.164 e. The molecule has 0 fully saturated rings. The minimum atomic E-state index is 0.512. The molecule has 0 bridgehead atoms. The lowest BCUT2D eigenvalue weighted by Gasteiger charge is -2.15. The zero-order valence-electron chi connectivity index (χ0n) is 31.5. The molecule has 0 saturated carbocycles. The van der Waals surface area contributed by atoms with E-state index in [1.54, 1.807) is 0 Å². The Bertz CT molecular complexity index is 2800. The molecule has 0 amide bonds. The number of rotatable bonds is 8. The Morgan fingerprint density at radius 2 is 0.690 bits per heavy atom. The molecule has 58 heavy (non-hydrogen) atoms. The zero-order chi connectivity index (χ0) is 38.8. The van der Waals surface area contributed by atoms with Crippen molar-refractivity contribution in [1.29, 1.82) is 0 Å². The normalized spacial score (nSPS) is 11.2. The van der Waals surface area contributed by atoms with Gasteiger partial charge in [-0.3, -0.25) is 4.57 Å². The van der Waals surface area contributed by atoms with E-state index in [4.69, 9.17) is 34.9 Å². The van der Waals surface area contributed by atoms with Crippen molar-refractivity contribution in [2.45, 2.75) is 6.92 Å². The van der Waals surface area contributed by atoms with E-state index in [1.807, 2.05) is 140 Å². The molecule has 0 spiro atoms. The van der Waals surface area contributed by atoms with E-state index < -0.39 is 0 Å². The third kappa shape index (κ3) is 6.80. The highest BCUT2D eigenvalue weighted by atomic mass is 15.1. The largest absolute Gasteiger partial charge is 0.292 e. The molecule has 0 aliphatic carbocycles. The van der Waals surface area contributed by atoms with Crippen LogP contribution >= 0.6 is 0 Å². The van der Waals surface area contributed by atoms with Gasteiger partial charge in [-0.15, -0.1) is 0 Å². The number of hydrogen-bond acceptors (Lipinski definition) is 7. The first-order valence-electron chi connectivity index (χ1n) is 19.1. The molecule has 0 aliphatic heterocycles. The molecule has 7 aromatic carbocycles. The van der Waals surface area contributed by atoms with Crippen LogP contribution in [0.2, 0.25) is 0 Å². The van der Waals surface area contributed by atoms with Gasteiger partial charge in [0, 0.05) is 44.6 Å². The van der Waals surface area contributed by atoms with Crippen molar-refractivity contribution in [2.75, 3.05) is 0 Å². The van der Waals surface area contributed by atoms with Crippen LogP contribution in [0.25, 0.3) is 96.4 Å². The third-order valence-corrected chi connectivity index (χ3v) is 9.93. The minimum Gasteiger partial charge on any atom is -0.292 e. The molecule has 10 aromatic rings. The van der Waals surface area contributed by atoms with Gasteiger partial charge in [0.15, 0.2) is 34.9 Å². The van der Waals surface area contributed by atoms with Gasteiger partial charge in [0.2, 0.25) is 0 Å². The number of aryl methyl sites for hydroxylation is 1. The second-order valence-electron chi connectivity index (χ2n) is 14.0. The summed E-state index contributed by atoms with van der Waals surface area (Å²) in [5.74, 6) is 4.12. The van der Waals surface area contributed by atoms with Gasteiger partial charge < -0.3 is 0 Å². The molecule has 10 rings (SSSR count). The maximum absolute atomic E-state index is 5.20. The van der Waals surface area contributed by atoms with Crippen LogP contribution in [0.5, 0.6) is 0 Å². The molecule has 8 heteroatoms. The number of para-hydroxylation sites is 2. The molecule has 3 heterocycles. The van der Waals surface area contributed by atoms with E-state index in [0.29, 0.717) is 34.9 Å². The summed E-state index contributed by atoms with van der Waals surface area (Å²) in [6.07, 6.45) is 0. The summed E-state index contributed by atoms with van der Waals surface area (Å²) in [5, 5.41) is 0. The number of aromatic nitrogens is 8. The highest BCUT2D eigenvalue weighted by Gasteiger charge is 2.21. The molecule has 0 N–H and O–H groups in total. The van der Waals surface area contributed by atoms with E-state index in [9.17, 15) is 0 Å². The Kier molecular flexibility index (Phi) is 8.89. The first kappa shape index (κ1) is 34.5. The van der Waals surface area contributed by atoms with Gasteiger partial charge >= 0.3 is 0 Å². The van der Waals surface area contributed by atoms with Crippen LogP contribution in [0.3, 0.4) is 0 Å². The number of fused-ring (bicyclic) bond motifs is 1. The fraction of sp³-hybridized carbons (Fsp3) is 0.0200. The van der Waals surface area contributed by atoms with Crippen LogP contribution in [0.15, 0.2) is 188 Å². The molecule has 0 saturated heterocycles. The number of imidazole rings is 1. The Balaban J connectivity index is 1.27. The van der Waals surface area contributed by atoms with Crippen LogP contribution < -0.4 is 0 Å². The maximum Gasteiger partial charge on any atom is 0.164 e. The van der Waals surface area contributed by atoms with Gasteiger partial charge in [-0.2, -0.15) is 0 Å². The quantitative estimate of drug-likeness (QED) is 0.153. The monoisotopic (exact) mass is 746 g/mol. The summed E-state index contributed by atoms with van der Waals surface area (Å²) >= 11 is 0. The van der Waals surface area contributed by atoms with Crippen LogP contribution in [0.4, 0.5) is 0 Å². The van der Waals surface area contributed by atoms with Crippen LogP contribution in [0.1, 0.15) is 5.56 Å². The third-order valence-electron chi connectivity index (χ3n) is 9.93. The maximum atomic E-state index is 5.20. The van der Waals surface area contributed by atoms with Crippen LogP contribution in [0, 0.1) is 6.92 Å². The van der Waals surface area contributed by atoms with Gasteiger partial charge in [-0.1, -0.05) is 157 Å². The lowest BCUT2D eigenvalue weighted by molar-refractivity contribution is 1.06. The Morgan fingerprint density at radius 1 is 0.310 bits per heavy atom. The molecule has 0 unspecified atom stereocenters. The standard InChI is InChI=1S/C50H34N8/c1-33-17-16-26-38(29-33)50-51-42-27-14-15-28-43(42)58(50)41-31-39(48-54-44(34-18-6-2-7-19-34)52-45(55-48)35-20-8-3-9-21-35)30-40(32-41)49-56-46(36-22-10-4-11-23-36)53-47(57-49)37-24-12-5-13-25-37/h2-32H,1H3. The predicted octanol–water partition coefficient (Wildman–Crippen LogP) is 11.4. The summed E-state index contributed by atoms with van der Waals surface area (Å²) < 4.78 is 2.20. The SMILES string of the molecule is Cc1cccc(-c2nc3ccccc3n2-c2cc(-c3nc(-c4ccccc4)nc(-c4ccccc4)n3)cc(-c3nc(-c4ccccc4)nc(-c4ccccc4)n3)c2)c1. The van der Waals surface area contributed by atoms with Gasteiger partial charge in [0.25, 0.3) is 0 Å². The van der Waals surface area contributed by atoms with E-state index in [-0.39, 0.29) is 0 Å². The highest BCUT2D eigenvalue weighted by molar-refractivity contribution is 5.85. The number of hydrogen-bond donors (Lipinski definition) is 0. The van der Waals surface area contributed by atoms with Crippen molar-refractivity contribution in [3.05, 3.63) is 194 Å². The fourth-order valence-electron chi connectivity index (χ4n) is 7.14. The molecule has 0 radical (unpaired) electrons. The Hall–Kier alpha value is -7.97. The van der Waals surface area contributed by atoms with Crippen molar-refractivity contribution in [3.8, 4) is 85.4 Å². The minimum absolute atomic E-state index is 0.512. The van der Waals surface area contributed by atoms with Crippen molar-refractivity contribution >= 4 is 11.0 Å². The summed E-state index contributed by atoms with van der Waals surface area (Å²) in [6, 6.07) is 63.0. The molecule has 3 aromatic heterocycles. The van der Waals surface area contributed by atoms with Crippen molar-refractivity contribution < 1.29 is 0 Å². The zero-order valence-corrected chi connectivity index (χ0v) is 31.5. The number of benzene rings is 7. The first-order chi connectivity index (χ1) is 28.6. The first-order valence-corrected chi connectivity index (χ1v) is 19.1. The molecular weight excluding hydrogens is 713 g/mol. The molecule has 8 nitrogen and oxygen atoms in total. The average Bonchev–Trinajstić information content (AvgIpc) is 3.70. The topological polar surface area (TPSA) is 95.2 Å². The second kappa shape index (κ2) is 14.9. The van der Waals surface area contributed by atoms with E-state index in [1.165, 1.54) is 0 Å². The van der Waals surface area contributed by atoms with Gasteiger partial charge in [0.1, 0.15) is 5.82 Å². The molecular formula is C50H34N8. The summed E-state index contributed by atoms with van der Waals surface area (Å²) in [5.41, 5.74) is 9.91. The lowest BCUT2D eigenvalue weighted by Crippen LogP contribution is -2.04. The Labute approximate surface area is 335 Å². The number of nitrogens with zero attached hydrogens (tertiary/aromatic N) is 8. The molecule has 0 aliphatic rings. The van der Waals surface area contributed by atoms with Crippen molar-refractivity contribution in [1.82, 2.24) is 39.5 Å². The van der Waals surface area contributed by atoms with Gasteiger partial charge in [0.05, 0.1) is 11.0 Å². The molecule has 274 valence electrons. The second-order valence-corrected chi connectivity index (χ2v) is 14.0. The summed E-state index contributed by atoms with van der Waals surface area (Å²) in [7, 11) is 0. The van der Waals surface area contributed by atoms with E-state index >= 15 is 0 Å². The van der Waals surface area contributed by atoms with E-state index in [0.717, 1.165) is 67.1 Å². The van der Waals surface area contributed by atoms with Crippen molar-refractivity contribution in [3.63, 3.8) is 0 Å². The van der Waals surface area contributed by atoms with Crippen molar-refractivity contribution in [2.24, 2.45) is 0 Å². The Morgan fingerprint density at radius 3 is 1.12 bits per heavy atom. The lowest BCUT2D eigenvalue weighted by atomic mass is 10.1. The van der Waals surface area contributed by atoms with Crippen LogP contribution in [-0.4, -0.2) is 39.5 Å². The summed E-state index contributed by atoms with van der Waals surface area (Å²) in [4.78, 5) is 35.7. The van der Waals surface area contributed by atoms with E-state index in [2.05, 4.69) is 60.0 Å². The highest BCUT2D eigenvalue weighted by Crippen LogP contribution is 2.35. The van der Waals surface area contributed by atoms with Crippen LogP contribution in [-0.2, 0) is 0 Å². The van der Waals surface area contributed by atoms with Gasteiger partial charge in [-0.25, -0.2) is 34.9 Å².